The van der Waals surface area contributed by atoms with Crippen molar-refractivity contribution in [3.63, 3.8) is 0 Å². The largest absolute Gasteiger partial charge is 0.349 e. The SMILES string of the molecule is CC(C)n1cc(C(=O)NC2Cc3ccccc3C2)cn1. The maximum atomic E-state index is 12.2. The van der Waals surface area contributed by atoms with Crippen molar-refractivity contribution in [2.45, 2.75) is 38.8 Å². The predicted molar refractivity (Wildman–Crippen MR) is 77.7 cm³/mol. The third kappa shape index (κ3) is 2.46. The highest BCUT2D eigenvalue weighted by molar-refractivity contribution is 5.94. The lowest BCUT2D eigenvalue weighted by Gasteiger charge is -2.10. The Morgan fingerprint density at radius 1 is 1.30 bits per heavy atom. The summed E-state index contributed by atoms with van der Waals surface area (Å²) >= 11 is 0. The van der Waals surface area contributed by atoms with Gasteiger partial charge in [-0.3, -0.25) is 9.48 Å². The van der Waals surface area contributed by atoms with Crippen LogP contribution in [0.25, 0.3) is 0 Å². The molecule has 0 spiro atoms. The van der Waals surface area contributed by atoms with Crippen LogP contribution in [-0.4, -0.2) is 21.7 Å². The number of amides is 1. The number of hydrogen-bond acceptors (Lipinski definition) is 2. The molecule has 1 aromatic carbocycles. The van der Waals surface area contributed by atoms with Gasteiger partial charge < -0.3 is 5.32 Å². The molecule has 1 N–H and O–H groups in total. The Labute approximate surface area is 118 Å². The molecule has 0 aliphatic heterocycles. The van der Waals surface area contributed by atoms with E-state index in [1.54, 1.807) is 10.9 Å². The van der Waals surface area contributed by atoms with E-state index in [0.29, 0.717) is 5.56 Å². The lowest BCUT2D eigenvalue weighted by atomic mass is 10.1. The van der Waals surface area contributed by atoms with Crippen LogP contribution in [0.1, 0.15) is 41.4 Å². The van der Waals surface area contributed by atoms with Crippen molar-refractivity contribution in [2.24, 2.45) is 0 Å². The highest BCUT2D eigenvalue weighted by Gasteiger charge is 2.23. The molecule has 2 aromatic rings. The van der Waals surface area contributed by atoms with Crippen molar-refractivity contribution in [3.05, 3.63) is 53.3 Å². The van der Waals surface area contributed by atoms with E-state index in [4.69, 9.17) is 0 Å². The van der Waals surface area contributed by atoms with Gasteiger partial charge in [0.05, 0.1) is 11.8 Å². The van der Waals surface area contributed by atoms with Crippen LogP contribution in [0.5, 0.6) is 0 Å². The fraction of sp³-hybridized carbons (Fsp3) is 0.375. The second kappa shape index (κ2) is 5.12. The van der Waals surface area contributed by atoms with Gasteiger partial charge in [-0.05, 0) is 37.8 Å². The molecule has 1 aliphatic rings. The van der Waals surface area contributed by atoms with Gasteiger partial charge in [-0.25, -0.2) is 0 Å². The van der Waals surface area contributed by atoms with Crippen LogP contribution in [0.3, 0.4) is 0 Å². The first-order chi connectivity index (χ1) is 9.63. The normalized spacial score (nSPS) is 14.6. The number of rotatable bonds is 3. The quantitative estimate of drug-likeness (QED) is 0.929. The number of carbonyl (C=O) groups excluding carboxylic acids is 1. The van der Waals surface area contributed by atoms with Crippen LogP contribution in [0.2, 0.25) is 0 Å². The van der Waals surface area contributed by atoms with Crippen molar-refractivity contribution < 1.29 is 4.79 Å². The van der Waals surface area contributed by atoms with Crippen molar-refractivity contribution in [1.82, 2.24) is 15.1 Å². The van der Waals surface area contributed by atoms with Crippen LogP contribution in [0, 0.1) is 0 Å². The number of benzene rings is 1. The lowest BCUT2D eigenvalue weighted by Crippen LogP contribution is -2.35. The molecule has 0 unspecified atom stereocenters. The number of nitrogens with one attached hydrogen (secondary N) is 1. The second-order valence-corrected chi connectivity index (χ2v) is 5.65. The Kier molecular flexibility index (Phi) is 3.30. The molecule has 0 fully saturated rings. The van der Waals surface area contributed by atoms with Gasteiger partial charge >= 0.3 is 0 Å². The zero-order chi connectivity index (χ0) is 14.1. The average molecular weight is 269 g/mol. The first-order valence-electron chi connectivity index (χ1n) is 7.05. The number of carbonyl (C=O) groups is 1. The molecular weight excluding hydrogens is 250 g/mol. The molecule has 0 bridgehead atoms. The third-order valence-corrected chi connectivity index (χ3v) is 3.78. The Bertz CT molecular complexity index is 605. The Hall–Kier alpha value is -2.10. The second-order valence-electron chi connectivity index (χ2n) is 5.65. The highest BCUT2D eigenvalue weighted by atomic mass is 16.1. The average Bonchev–Trinajstić information content (AvgIpc) is 3.04. The molecule has 0 saturated heterocycles. The zero-order valence-electron chi connectivity index (χ0n) is 11.8. The Balaban J connectivity index is 1.66. The van der Waals surface area contributed by atoms with E-state index in [2.05, 4.69) is 34.7 Å². The number of hydrogen-bond donors (Lipinski definition) is 1. The lowest BCUT2D eigenvalue weighted by molar-refractivity contribution is 0.0938. The Morgan fingerprint density at radius 3 is 2.50 bits per heavy atom. The monoisotopic (exact) mass is 269 g/mol. The van der Waals surface area contributed by atoms with Gasteiger partial charge in [0.25, 0.3) is 5.91 Å². The molecule has 0 saturated carbocycles. The summed E-state index contributed by atoms with van der Waals surface area (Å²) in [4.78, 5) is 12.2. The zero-order valence-corrected chi connectivity index (χ0v) is 11.8. The summed E-state index contributed by atoms with van der Waals surface area (Å²) in [5, 5.41) is 7.31. The summed E-state index contributed by atoms with van der Waals surface area (Å²) in [5.74, 6) is -0.0327. The first kappa shape index (κ1) is 12.9. The van der Waals surface area contributed by atoms with Crippen molar-refractivity contribution >= 4 is 5.91 Å². The van der Waals surface area contributed by atoms with Crippen LogP contribution in [0.4, 0.5) is 0 Å². The summed E-state index contributed by atoms with van der Waals surface area (Å²) < 4.78 is 1.80. The van der Waals surface area contributed by atoms with Gasteiger partial charge in [0.15, 0.2) is 0 Å². The molecule has 1 aliphatic carbocycles. The summed E-state index contributed by atoms with van der Waals surface area (Å²) in [6.07, 6.45) is 5.28. The van der Waals surface area contributed by atoms with Crippen molar-refractivity contribution in [1.29, 1.82) is 0 Å². The molecule has 104 valence electrons. The van der Waals surface area contributed by atoms with E-state index < -0.39 is 0 Å². The van der Waals surface area contributed by atoms with Crippen LogP contribution >= 0.6 is 0 Å². The summed E-state index contributed by atoms with van der Waals surface area (Å²) in [6, 6.07) is 8.84. The van der Waals surface area contributed by atoms with E-state index in [-0.39, 0.29) is 18.0 Å². The summed E-state index contributed by atoms with van der Waals surface area (Å²) in [6.45, 7) is 4.09. The molecule has 4 nitrogen and oxygen atoms in total. The molecule has 4 heteroatoms. The van der Waals surface area contributed by atoms with Gasteiger partial charge in [0.1, 0.15) is 0 Å². The smallest absolute Gasteiger partial charge is 0.254 e. The van der Waals surface area contributed by atoms with E-state index in [9.17, 15) is 4.79 Å². The van der Waals surface area contributed by atoms with Crippen LogP contribution < -0.4 is 5.32 Å². The van der Waals surface area contributed by atoms with E-state index in [1.165, 1.54) is 11.1 Å². The third-order valence-electron chi connectivity index (χ3n) is 3.78. The molecule has 0 atom stereocenters. The van der Waals surface area contributed by atoms with Gasteiger partial charge in [-0.2, -0.15) is 5.10 Å². The van der Waals surface area contributed by atoms with Gasteiger partial charge in [-0.1, -0.05) is 24.3 Å². The summed E-state index contributed by atoms with van der Waals surface area (Å²) in [7, 11) is 0. The van der Waals surface area contributed by atoms with Gasteiger partial charge in [0, 0.05) is 18.3 Å². The Morgan fingerprint density at radius 2 is 1.95 bits per heavy atom. The maximum Gasteiger partial charge on any atom is 0.254 e. The highest BCUT2D eigenvalue weighted by Crippen LogP contribution is 2.21. The number of fused-ring (bicyclic) bond motifs is 1. The molecule has 1 aromatic heterocycles. The molecule has 0 radical (unpaired) electrons. The predicted octanol–water partition coefficient (Wildman–Crippen LogP) is 2.36. The van der Waals surface area contributed by atoms with Crippen LogP contribution in [-0.2, 0) is 12.8 Å². The molecule has 1 amide bonds. The number of nitrogens with zero attached hydrogens (tertiary/aromatic N) is 2. The van der Waals surface area contributed by atoms with E-state index in [0.717, 1.165) is 12.8 Å². The van der Waals surface area contributed by atoms with E-state index in [1.807, 2.05) is 20.0 Å². The molecular formula is C16H19N3O. The standard InChI is InChI=1S/C16H19N3O/c1-11(2)19-10-14(9-17-19)16(20)18-15-7-12-5-3-4-6-13(12)8-15/h3-6,9-11,15H,7-8H2,1-2H3,(H,18,20). The van der Waals surface area contributed by atoms with Crippen molar-refractivity contribution in [3.8, 4) is 0 Å². The first-order valence-corrected chi connectivity index (χ1v) is 7.05. The molecule has 3 rings (SSSR count). The summed E-state index contributed by atoms with van der Waals surface area (Å²) in [5.41, 5.74) is 3.32. The minimum atomic E-state index is -0.0327. The maximum absolute atomic E-state index is 12.2. The minimum Gasteiger partial charge on any atom is -0.349 e. The van der Waals surface area contributed by atoms with Gasteiger partial charge in [-0.15, -0.1) is 0 Å². The fourth-order valence-corrected chi connectivity index (χ4v) is 2.67. The van der Waals surface area contributed by atoms with E-state index >= 15 is 0 Å². The topological polar surface area (TPSA) is 46.9 Å². The molecule has 20 heavy (non-hydrogen) atoms. The minimum absolute atomic E-state index is 0.0327. The van der Waals surface area contributed by atoms with Crippen LogP contribution in [0.15, 0.2) is 36.7 Å². The fourth-order valence-electron chi connectivity index (χ4n) is 2.67. The molecule has 1 heterocycles. The number of aromatic nitrogens is 2. The van der Waals surface area contributed by atoms with Gasteiger partial charge in [0.2, 0.25) is 0 Å². The van der Waals surface area contributed by atoms with Crippen molar-refractivity contribution in [2.75, 3.05) is 0 Å².